The summed E-state index contributed by atoms with van der Waals surface area (Å²) in [7, 11) is 0. The predicted octanol–water partition coefficient (Wildman–Crippen LogP) is 3.48. The zero-order chi connectivity index (χ0) is 13.5. The Morgan fingerprint density at radius 2 is 1.84 bits per heavy atom. The van der Waals surface area contributed by atoms with Crippen molar-refractivity contribution in [3.63, 3.8) is 0 Å². The van der Waals surface area contributed by atoms with Gasteiger partial charge in [0.05, 0.1) is 6.61 Å². The number of rotatable bonds is 3. The Balaban J connectivity index is 1.94. The zero-order valence-electron chi connectivity index (χ0n) is 11.4. The molecular weight excluding hydrogens is 238 g/mol. The smallest absolute Gasteiger partial charge is 0.227 e. The van der Waals surface area contributed by atoms with Gasteiger partial charge in [-0.25, -0.2) is 0 Å². The number of anilines is 1. The van der Waals surface area contributed by atoms with Gasteiger partial charge >= 0.3 is 0 Å². The molecule has 2 rings (SSSR count). The van der Waals surface area contributed by atoms with Gasteiger partial charge in [0.15, 0.2) is 0 Å². The number of benzene rings is 1. The molecule has 0 aromatic heterocycles. The SMILES string of the molecule is O=C(Nc1cccc(CO)c1)C1CCCCCCC1. The van der Waals surface area contributed by atoms with Crippen molar-refractivity contribution in [2.45, 2.75) is 51.6 Å². The first kappa shape index (κ1) is 14.1. The van der Waals surface area contributed by atoms with Crippen LogP contribution in [0.15, 0.2) is 24.3 Å². The number of carbonyl (C=O) groups is 1. The van der Waals surface area contributed by atoms with Crippen LogP contribution in [0.3, 0.4) is 0 Å². The summed E-state index contributed by atoms with van der Waals surface area (Å²) < 4.78 is 0. The first-order chi connectivity index (χ1) is 9.29. The van der Waals surface area contributed by atoms with E-state index in [1.807, 2.05) is 24.3 Å². The monoisotopic (exact) mass is 261 g/mol. The molecule has 1 saturated carbocycles. The van der Waals surface area contributed by atoms with Crippen LogP contribution in [0, 0.1) is 5.92 Å². The fraction of sp³-hybridized carbons (Fsp3) is 0.562. The second-order valence-corrected chi connectivity index (χ2v) is 5.39. The van der Waals surface area contributed by atoms with Crippen molar-refractivity contribution in [2.75, 3.05) is 5.32 Å². The van der Waals surface area contributed by atoms with Crippen LogP contribution in [-0.4, -0.2) is 11.0 Å². The lowest BCUT2D eigenvalue weighted by Gasteiger charge is -2.19. The maximum absolute atomic E-state index is 12.3. The van der Waals surface area contributed by atoms with Crippen LogP contribution in [0.5, 0.6) is 0 Å². The molecule has 1 aromatic rings. The van der Waals surface area contributed by atoms with Crippen LogP contribution in [-0.2, 0) is 11.4 Å². The van der Waals surface area contributed by atoms with E-state index in [0.29, 0.717) is 0 Å². The summed E-state index contributed by atoms with van der Waals surface area (Å²) in [6, 6.07) is 7.42. The van der Waals surface area contributed by atoms with Gasteiger partial charge in [0.2, 0.25) is 5.91 Å². The van der Waals surface area contributed by atoms with Gasteiger partial charge in [-0.2, -0.15) is 0 Å². The molecule has 2 N–H and O–H groups in total. The van der Waals surface area contributed by atoms with Crippen molar-refractivity contribution >= 4 is 11.6 Å². The van der Waals surface area contributed by atoms with E-state index in [4.69, 9.17) is 5.11 Å². The minimum absolute atomic E-state index is 0.00708. The Morgan fingerprint density at radius 1 is 1.16 bits per heavy atom. The highest BCUT2D eigenvalue weighted by Crippen LogP contribution is 2.23. The lowest BCUT2D eigenvalue weighted by atomic mass is 9.90. The molecule has 3 heteroatoms. The summed E-state index contributed by atoms with van der Waals surface area (Å²) in [6.07, 6.45) is 8.15. The average molecular weight is 261 g/mol. The Kier molecular flexibility index (Phi) is 5.40. The Hall–Kier alpha value is -1.35. The van der Waals surface area contributed by atoms with Crippen molar-refractivity contribution < 1.29 is 9.90 Å². The number of amides is 1. The normalized spacial score (nSPS) is 17.5. The summed E-state index contributed by atoms with van der Waals surface area (Å²) in [5.74, 6) is 0.287. The molecular formula is C16H23NO2. The zero-order valence-corrected chi connectivity index (χ0v) is 11.4. The summed E-state index contributed by atoms with van der Waals surface area (Å²) >= 11 is 0. The van der Waals surface area contributed by atoms with Crippen molar-refractivity contribution in [3.05, 3.63) is 29.8 Å². The number of aliphatic hydroxyl groups is 1. The molecule has 19 heavy (non-hydrogen) atoms. The quantitative estimate of drug-likeness (QED) is 0.875. The Morgan fingerprint density at radius 3 is 2.53 bits per heavy atom. The number of aliphatic hydroxyl groups excluding tert-OH is 1. The highest BCUT2D eigenvalue weighted by Gasteiger charge is 2.19. The van der Waals surface area contributed by atoms with Gasteiger partial charge in [-0.15, -0.1) is 0 Å². The summed E-state index contributed by atoms with van der Waals surface area (Å²) in [6.45, 7) is 0.00708. The molecule has 0 atom stereocenters. The Bertz CT molecular complexity index is 409. The second-order valence-electron chi connectivity index (χ2n) is 5.39. The Labute approximate surface area is 115 Å². The van der Waals surface area contributed by atoms with E-state index in [1.54, 1.807) is 0 Å². The number of hydrogen-bond donors (Lipinski definition) is 2. The number of carbonyl (C=O) groups excluding carboxylic acids is 1. The summed E-state index contributed by atoms with van der Waals surface area (Å²) in [4.78, 5) is 12.3. The van der Waals surface area contributed by atoms with Crippen LogP contribution in [0.1, 0.15) is 50.5 Å². The van der Waals surface area contributed by atoms with E-state index in [0.717, 1.165) is 36.9 Å². The van der Waals surface area contributed by atoms with E-state index in [-0.39, 0.29) is 18.4 Å². The average Bonchev–Trinajstić information content (AvgIpc) is 2.38. The molecule has 1 aromatic carbocycles. The fourth-order valence-electron chi connectivity index (χ4n) is 2.71. The molecule has 0 bridgehead atoms. The maximum atomic E-state index is 12.3. The van der Waals surface area contributed by atoms with Gasteiger partial charge in [-0.05, 0) is 30.5 Å². The fourth-order valence-corrected chi connectivity index (χ4v) is 2.71. The predicted molar refractivity (Wildman–Crippen MR) is 76.8 cm³/mol. The van der Waals surface area contributed by atoms with Gasteiger partial charge in [0, 0.05) is 11.6 Å². The summed E-state index contributed by atoms with van der Waals surface area (Å²) in [5, 5.41) is 12.1. The lowest BCUT2D eigenvalue weighted by molar-refractivity contribution is -0.120. The second kappa shape index (κ2) is 7.29. The van der Waals surface area contributed by atoms with E-state index in [1.165, 1.54) is 19.3 Å². The van der Waals surface area contributed by atoms with Crippen molar-refractivity contribution in [3.8, 4) is 0 Å². The van der Waals surface area contributed by atoms with Crippen LogP contribution in [0.25, 0.3) is 0 Å². The molecule has 0 saturated heterocycles. The molecule has 1 aliphatic rings. The van der Waals surface area contributed by atoms with E-state index < -0.39 is 0 Å². The van der Waals surface area contributed by atoms with Gasteiger partial charge < -0.3 is 10.4 Å². The number of hydrogen-bond acceptors (Lipinski definition) is 2. The van der Waals surface area contributed by atoms with E-state index in [2.05, 4.69) is 5.32 Å². The maximum Gasteiger partial charge on any atom is 0.227 e. The van der Waals surface area contributed by atoms with Gasteiger partial charge in [-0.3, -0.25) is 4.79 Å². The topological polar surface area (TPSA) is 49.3 Å². The molecule has 1 aliphatic carbocycles. The molecule has 0 radical (unpaired) electrons. The molecule has 3 nitrogen and oxygen atoms in total. The largest absolute Gasteiger partial charge is 0.392 e. The highest BCUT2D eigenvalue weighted by molar-refractivity contribution is 5.92. The third-order valence-electron chi connectivity index (χ3n) is 3.85. The molecule has 104 valence electrons. The van der Waals surface area contributed by atoms with Crippen molar-refractivity contribution in [1.82, 2.24) is 0 Å². The molecule has 0 spiro atoms. The van der Waals surface area contributed by atoms with E-state index in [9.17, 15) is 4.79 Å². The molecule has 1 amide bonds. The first-order valence-electron chi connectivity index (χ1n) is 7.30. The van der Waals surface area contributed by atoms with Gasteiger partial charge in [0.25, 0.3) is 0 Å². The first-order valence-corrected chi connectivity index (χ1v) is 7.30. The molecule has 1 fully saturated rings. The van der Waals surface area contributed by atoms with Gasteiger partial charge in [0.1, 0.15) is 0 Å². The molecule has 0 heterocycles. The standard InChI is InChI=1S/C16H23NO2/c18-12-13-7-6-10-15(11-13)17-16(19)14-8-4-2-1-3-5-9-14/h6-7,10-11,14,18H,1-5,8-9,12H2,(H,17,19). The third-order valence-corrected chi connectivity index (χ3v) is 3.85. The van der Waals surface area contributed by atoms with Crippen LogP contribution in [0.4, 0.5) is 5.69 Å². The summed E-state index contributed by atoms with van der Waals surface area (Å²) in [5.41, 5.74) is 1.62. The van der Waals surface area contributed by atoms with Crippen LogP contribution >= 0.6 is 0 Å². The minimum atomic E-state index is 0.00708. The van der Waals surface area contributed by atoms with E-state index >= 15 is 0 Å². The van der Waals surface area contributed by atoms with Crippen LogP contribution in [0.2, 0.25) is 0 Å². The minimum Gasteiger partial charge on any atom is -0.392 e. The number of nitrogens with one attached hydrogen (secondary N) is 1. The molecule has 0 aliphatic heterocycles. The van der Waals surface area contributed by atoms with Crippen molar-refractivity contribution in [1.29, 1.82) is 0 Å². The van der Waals surface area contributed by atoms with Crippen LogP contribution < -0.4 is 5.32 Å². The highest BCUT2D eigenvalue weighted by atomic mass is 16.3. The van der Waals surface area contributed by atoms with Gasteiger partial charge in [-0.1, -0.05) is 44.2 Å². The molecule has 0 unspecified atom stereocenters. The lowest BCUT2D eigenvalue weighted by Crippen LogP contribution is -2.23. The van der Waals surface area contributed by atoms with Crippen molar-refractivity contribution in [2.24, 2.45) is 5.92 Å². The third kappa shape index (κ3) is 4.35.